The second-order valence-corrected chi connectivity index (χ2v) is 3.29. The van der Waals surface area contributed by atoms with Crippen molar-refractivity contribution in [2.45, 2.75) is 13.0 Å². The molecular formula is C8H9N5O3. The number of nitrogens with two attached hydrogens (primary N) is 1. The lowest BCUT2D eigenvalue weighted by Crippen LogP contribution is -2.20. The predicted octanol–water partition coefficient (Wildman–Crippen LogP) is -0.653. The van der Waals surface area contributed by atoms with Gasteiger partial charge >= 0.3 is 5.97 Å². The Labute approximate surface area is 88.7 Å². The average molecular weight is 223 g/mol. The molecule has 0 aromatic carbocycles. The third-order valence-corrected chi connectivity index (χ3v) is 2.23. The summed E-state index contributed by atoms with van der Waals surface area (Å²) >= 11 is 0. The molecule has 2 heterocycles. The predicted molar refractivity (Wildman–Crippen MR) is 54.9 cm³/mol. The Balaban J connectivity index is 2.74. The minimum atomic E-state index is -1.06. The van der Waals surface area contributed by atoms with Crippen LogP contribution in [0.2, 0.25) is 0 Å². The maximum Gasteiger partial charge on any atom is 0.326 e. The summed E-state index contributed by atoms with van der Waals surface area (Å²) in [7, 11) is 0. The highest BCUT2D eigenvalue weighted by atomic mass is 16.4. The number of aliphatic carboxylic acids is 1. The summed E-state index contributed by atoms with van der Waals surface area (Å²) in [6, 6.07) is -0.892. The summed E-state index contributed by atoms with van der Waals surface area (Å²) in [6.07, 6.45) is 1.26. The van der Waals surface area contributed by atoms with Crippen molar-refractivity contribution in [1.29, 1.82) is 0 Å². The van der Waals surface area contributed by atoms with Crippen molar-refractivity contribution in [1.82, 2.24) is 19.5 Å². The second-order valence-electron chi connectivity index (χ2n) is 3.29. The van der Waals surface area contributed by atoms with E-state index in [4.69, 9.17) is 10.8 Å². The maximum absolute atomic E-state index is 11.6. The van der Waals surface area contributed by atoms with E-state index in [1.807, 2.05) is 0 Å². The number of rotatable bonds is 2. The topological polar surface area (TPSA) is 127 Å². The first kappa shape index (κ1) is 10.1. The number of imidazole rings is 1. The van der Waals surface area contributed by atoms with Gasteiger partial charge in [0.2, 0.25) is 5.95 Å². The molecule has 0 fully saturated rings. The number of nitrogens with zero attached hydrogens (tertiary/aromatic N) is 3. The molecule has 84 valence electrons. The molecule has 0 aliphatic heterocycles. The van der Waals surface area contributed by atoms with Gasteiger partial charge in [0.25, 0.3) is 5.56 Å². The number of H-pyrrole nitrogens is 1. The highest BCUT2D eigenvalue weighted by Crippen LogP contribution is 2.12. The Kier molecular flexibility index (Phi) is 2.11. The first-order valence-electron chi connectivity index (χ1n) is 4.46. The van der Waals surface area contributed by atoms with Crippen LogP contribution in [0.1, 0.15) is 13.0 Å². The zero-order valence-corrected chi connectivity index (χ0v) is 8.34. The molecule has 16 heavy (non-hydrogen) atoms. The van der Waals surface area contributed by atoms with Crippen molar-refractivity contribution >= 4 is 23.1 Å². The van der Waals surface area contributed by atoms with Gasteiger partial charge in [-0.2, -0.15) is 4.98 Å². The van der Waals surface area contributed by atoms with Crippen LogP contribution in [0.15, 0.2) is 11.1 Å². The van der Waals surface area contributed by atoms with Gasteiger partial charge in [-0.3, -0.25) is 9.78 Å². The number of nitrogens with one attached hydrogen (secondary N) is 1. The van der Waals surface area contributed by atoms with Gasteiger partial charge in [-0.1, -0.05) is 0 Å². The fourth-order valence-electron chi connectivity index (χ4n) is 1.38. The fraction of sp³-hybridized carbons (Fsp3) is 0.250. The number of hydrogen-bond donors (Lipinski definition) is 3. The second kappa shape index (κ2) is 3.33. The molecule has 0 radical (unpaired) electrons. The minimum absolute atomic E-state index is 0.0503. The molecule has 8 nitrogen and oxygen atoms in total. The van der Waals surface area contributed by atoms with Crippen LogP contribution in [0, 0.1) is 0 Å². The van der Waals surface area contributed by atoms with E-state index in [0.29, 0.717) is 0 Å². The molecule has 0 bridgehead atoms. The van der Waals surface area contributed by atoms with Gasteiger partial charge in [-0.05, 0) is 6.92 Å². The van der Waals surface area contributed by atoms with E-state index in [1.54, 1.807) is 0 Å². The number of hydrogen-bond acceptors (Lipinski definition) is 5. The lowest BCUT2D eigenvalue weighted by Gasteiger charge is -2.07. The van der Waals surface area contributed by atoms with Gasteiger partial charge in [0.1, 0.15) is 6.04 Å². The lowest BCUT2D eigenvalue weighted by molar-refractivity contribution is -0.140. The smallest absolute Gasteiger partial charge is 0.326 e. The highest BCUT2D eigenvalue weighted by Gasteiger charge is 2.18. The van der Waals surface area contributed by atoms with Gasteiger partial charge in [-0.25, -0.2) is 9.78 Å². The molecule has 4 N–H and O–H groups in total. The van der Waals surface area contributed by atoms with Crippen LogP contribution in [0.5, 0.6) is 0 Å². The van der Waals surface area contributed by atoms with Gasteiger partial charge in [-0.15, -0.1) is 0 Å². The molecule has 0 saturated heterocycles. The maximum atomic E-state index is 11.6. The molecule has 2 aromatic rings. The molecule has 8 heteroatoms. The van der Waals surface area contributed by atoms with E-state index in [0.717, 1.165) is 0 Å². The summed E-state index contributed by atoms with van der Waals surface area (Å²) in [5, 5.41) is 8.85. The van der Waals surface area contributed by atoms with Gasteiger partial charge in [0.15, 0.2) is 11.2 Å². The standard InChI is InChI=1S/C8H9N5O3/c1-3(7(15)16)13-2-10-5-4(13)6(14)12-8(9)11-5/h2-3H,1H3,(H,15,16)(H3,9,11,12,14). The normalized spacial score (nSPS) is 12.8. The summed E-state index contributed by atoms with van der Waals surface area (Å²) in [5.41, 5.74) is 5.07. The van der Waals surface area contributed by atoms with E-state index >= 15 is 0 Å². The molecule has 2 aromatic heterocycles. The van der Waals surface area contributed by atoms with Crippen molar-refractivity contribution in [3.05, 3.63) is 16.7 Å². The summed E-state index contributed by atoms with van der Waals surface area (Å²) in [5.74, 6) is -1.11. The molecule has 0 amide bonds. The van der Waals surface area contributed by atoms with Crippen molar-refractivity contribution in [3.63, 3.8) is 0 Å². The van der Waals surface area contributed by atoms with E-state index < -0.39 is 17.6 Å². The summed E-state index contributed by atoms with van der Waals surface area (Å²) in [4.78, 5) is 32.3. The quantitative estimate of drug-likeness (QED) is 0.620. The average Bonchev–Trinajstić information content (AvgIpc) is 2.59. The van der Waals surface area contributed by atoms with E-state index in [2.05, 4.69) is 15.0 Å². The van der Waals surface area contributed by atoms with Crippen LogP contribution in [-0.2, 0) is 4.79 Å². The van der Waals surface area contributed by atoms with Crippen LogP contribution in [0.3, 0.4) is 0 Å². The number of carboxylic acids is 1. The molecule has 1 unspecified atom stereocenters. The van der Waals surface area contributed by atoms with E-state index in [-0.39, 0.29) is 17.1 Å². The number of nitrogen functional groups attached to an aromatic ring is 1. The Morgan fingerprint density at radius 2 is 2.38 bits per heavy atom. The van der Waals surface area contributed by atoms with Crippen molar-refractivity contribution in [2.24, 2.45) is 0 Å². The number of carbonyl (C=O) groups is 1. The fourth-order valence-corrected chi connectivity index (χ4v) is 1.38. The zero-order chi connectivity index (χ0) is 11.9. The number of carboxylic acid groups (broad SMARTS) is 1. The SMILES string of the molecule is CC(C(=O)O)n1cnc2nc(N)[nH]c(=O)c21. The van der Waals surface area contributed by atoms with E-state index in [1.165, 1.54) is 17.8 Å². The van der Waals surface area contributed by atoms with Crippen molar-refractivity contribution in [2.75, 3.05) is 5.73 Å². The molecule has 1 atom stereocenters. The number of fused-ring (bicyclic) bond motifs is 1. The van der Waals surface area contributed by atoms with Gasteiger partial charge < -0.3 is 15.4 Å². The third-order valence-electron chi connectivity index (χ3n) is 2.23. The van der Waals surface area contributed by atoms with Crippen LogP contribution in [-0.4, -0.2) is 30.6 Å². The first-order valence-corrected chi connectivity index (χ1v) is 4.46. The van der Waals surface area contributed by atoms with Crippen molar-refractivity contribution in [3.8, 4) is 0 Å². The van der Waals surface area contributed by atoms with Crippen LogP contribution >= 0.6 is 0 Å². The molecule has 0 spiro atoms. The summed E-state index contributed by atoms with van der Waals surface area (Å²) < 4.78 is 1.24. The highest BCUT2D eigenvalue weighted by molar-refractivity contribution is 5.77. The minimum Gasteiger partial charge on any atom is -0.480 e. The zero-order valence-electron chi connectivity index (χ0n) is 8.34. The number of aromatic amines is 1. The Morgan fingerprint density at radius 3 is 3.00 bits per heavy atom. The van der Waals surface area contributed by atoms with Gasteiger partial charge in [0.05, 0.1) is 6.33 Å². The van der Waals surface area contributed by atoms with E-state index in [9.17, 15) is 9.59 Å². The first-order chi connectivity index (χ1) is 7.50. The molecule has 0 saturated carbocycles. The molecule has 0 aliphatic carbocycles. The van der Waals surface area contributed by atoms with Crippen LogP contribution in [0.25, 0.3) is 11.2 Å². The Hall–Kier alpha value is -2.38. The monoisotopic (exact) mass is 223 g/mol. The Bertz CT molecular complexity index is 614. The van der Waals surface area contributed by atoms with Crippen LogP contribution in [0.4, 0.5) is 5.95 Å². The third kappa shape index (κ3) is 1.40. The number of aromatic nitrogens is 4. The molecule has 2 rings (SSSR count). The van der Waals surface area contributed by atoms with Crippen molar-refractivity contribution < 1.29 is 9.90 Å². The Morgan fingerprint density at radius 1 is 1.69 bits per heavy atom. The van der Waals surface area contributed by atoms with Gasteiger partial charge in [0, 0.05) is 0 Å². The lowest BCUT2D eigenvalue weighted by atomic mass is 10.3. The number of anilines is 1. The largest absolute Gasteiger partial charge is 0.480 e. The van der Waals surface area contributed by atoms with Crippen LogP contribution < -0.4 is 11.3 Å². The molecule has 0 aliphatic rings. The summed E-state index contributed by atoms with van der Waals surface area (Å²) in [6.45, 7) is 1.44. The molecular weight excluding hydrogens is 214 g/mol.